The molecule has 4 rings (SSSR count). The third kappa shape index (κ3) is 4.73. The molecule has 0 bridgehead atoms. The molecule has 0 heterocycles. The number of hydrogen-bond donors (Lipinski definition) is 3. The molecule has 0 radical (unpaired) electrons. The quantitative estimate of drug-likeness (QED) is 0.613. The van der Waals surface area contributed by atoms with Gasteiger partial charge in [0, 0.05) is 31.1 Å². The molecule has 2 aromatic carbocycles. The van der Waals surface area contributed by atoms with Crippen LogP contribution in [-0.4, -0.2) is 26.2 Å². The molecule has 3 N–H and O–H groups in total. The smallest absolute Gasteiger partial charge is 0.0444 e. The van der Waals surface area contributed by atoms with E-state index in [1.165, 1.54) is 42.5 Å². The van der Waals surface area contributed by atoms with E-state index in [0.717, 1.165) is 31.0 Å². The van der Waals surface area contributed by atoms with E-state index in [4.69, 9.17) is 0 Å². The number of nitrogens with one attached hydrogen (secondary N) is 3. The van der Waals surface area contributed by atoms with Crippen molar-refractivity contribution in [3.05, 3.63) is 71.3 Å². The van der Waals surface area contributed by atoms with Gasteiger partial charge in [-0.25, -0.2) is 0 Å². The first-order chi connectivity index (χ1) is 12.8. The summed E-state index contributed by atoms with van der Waals surface area (Å²) in [5.41, 5.74) is 4.19. The molecule has 26 heavy (non-hydrogen) atoms. The summed E-state index contributed by atoms with van der Waals surface area (Å²) < 4.78 is 0. The van der Waals surface area contributed by atoms with Gasteiger partial charge >= 0.3 is 0 Å². The van der Waals surface area contributed by atoms with Gasteiger partial charge in [-0.2, -0.15) is 0 Å². The van der Waals surface area contributed by atoms with Crippen LogP contribution >= 0.6 is 0 Å². The van der Waals surface area contributed by atoms with Crippen molar-refractivity contribution in [2.45, 2.75) is 43.8 Å². The van der Waals surface area contributed by atoms with Crippen LogP contribution in [0.5, 0.6) is 0 Å². The van der Waals surface area contributed by atoms with Gasteiger partial charge in [0.05, 0.1) is 0 Å². The summed E-state index contributed by atoms with van der Waals surface area (Å²) >= 11 is 0. The van der Waals surface area contributed by atoms with Crippen LogP contribution in [0.2, 0.25) is 0 Å². The normalized spacial score (nSPS) is 23.0. The molecular weight excluding hydrogens is 318 g/mol. The zero-order valence-corrected chi connectivity index (χ0v) is 15.7. The number of likely N-dealkylation sites (N-methyl/N-ethyl adjacent to an activating group) is 1. The van der Waals surface area contributed by atoms with Crippen molar-refractivity contribution in [2.24, 2.45) is 5.92 Å². The molecule has 2 fully saturated rings. The first kappa shape index (κ1) is 17.7. The summed E-state index contributed by atoms with van der Waals surface area (Å²) in [5.74, 6) is 1.71. The summed E-state index contributed by atoms with van der Waals surface area (Å²) in [6.45, 7) is 3.08. The average molecular weight is 350 g/mol. The fourth-order valence-corrected chi connectivity index (χ4v) is 3.74. The minimum atomic E-state index is 0.347. The van der Waals surface area contributed by atoms with Gasteiger partial charge in [0.2, 0.25) is 0 Å². The van der Waals surface area contributed by atoms with Gasteiger partial charge in [0.1, 0.15) is 0 Å². The highest BCUT2D eigenvalue weighted by atomic mass is 15.0. The van der Waals surface area contributed by atoms with Crippen LogP contribution in [0.25, 0.3) is 0 Å². The summed E-state index contributed by atoms with van der Waals surface area (Å²) in [4.78, 5) is 0. The van der Waals surface area contributed by atoms with Crippen molar-refractivity contribution < 1.29 is 0 Å². The molecule has 3 atom stereocenters. The molecule has 138 valence electrons. The van der Waals surface area contributed by atoms with Crippen molar-refractivity contribution in [2.75, 3.05) is 20.1 Å². The van der Waals surface area contributed by atoms with E-state index in [1.54, 1.807) is 0 Å². The molecule has 0 spiro atoms. The Kier molecular flexibility index (Phi) is 5.68. The van der Waals surface area contributed by atoms with E-state index in [9.17, 15) is 0 Å². The second kappa shape index (κ2) is 8.34. The van der Waals surface area contributed by atoms with Crippen molar-refractivity contribution in [3.63, 3.8) is 0 Å². The first-order valence-corrected chi connectivity index (χ1v) is 10.1. The number of hydrogen-bond acceptors (Lipinski definition) is 3. The topological polar surface area (TPSA) is 36.1 Å². The molecule has 2 saturated carbocycles. The van der Waals surface area contributed by atoms with Crippen LogP contribution in [0.1, 0.15) is 47.9 Å². The largest absolute Gasteiger partial charge is 0.313 e. The Morgan fingerprint density at radius 1 is 1.00 bits per heavy atom. The Labute approximate surface area is 157 Å². The zero-order valence-electron chi connectivity index (χ0n) is 15.7. The van der Waals surface area contributed by atoms with Crippen LogP contribution < -0.4 is 16.0 Å². The van der Waals surface area contributed by atoms with Crippen molar-refractivity contribution in [1.29, 1.82) is 0 Å². The van der Waals surface area contributed by atoms with Gasteiger partial charge in [0.25, 0.3) is 0 Å². The molecule has 3 nitrogen and oxygen atoms in total. The lowest BCUT2D eigenvalue weighted by Crippen LogP contribution is -2.29. The maximum Gasteiger partial charge on any atom is 0.0444 e. The lowest BCUT2D eigenvalue weighted by molar-refractivity contribution is 0.528. The molecule has 2 aromatic rings. The third-order valence-corrected chi connectivity index (χ3v) is 5.79. The van der Waals surface area contributed by atoms with Crippen molar-refractivity contribution in [3.8, 4) is 0 Å². The zero-order chi connectivity index (χ0) is 17.8. The molecule has 2 aliphatic rings. The molecular formula is C23H31N3. The maximum absolute atomic E-state index is 3.73. The molecule has 3 unspecified atom stereocenters. The Morgan fingerprint density at radius 2 is 1.77 bits per heavy atom. The molecule has 3 heteroatoms. The van der Waals surface area contributed by atoms with Gasteiger partial charge in [0.15, 0.2) is 0 Å². The second-order valence-electron chi connectivity index (χ2n) is 7.92. The summed E-state index contributed by atoms with van der Waals surface area (Å²) in [5, 5.41) is 10.7. The summed E-state index contributed by atoms with van der Waals surface area (Å²) in [7, 11) is 2.03. The lowest BCUT2D eigenvalue weighted by atomic mass is 10.1. The van der Waals surface area contributed by atoms with Crippen molar-refractivity contribution >= 4 is 0 Å². The molecule has 0 amide bonds. The SMILES string of the molecule is CNC(CNCc1ccc(C2CC2NCC2CC2)cc1)c1ccccc1. The Bertz CT molecular complexity index is 678. The van der Waals surface area contributed by atoms with Crippen LogP contribution in [0.15, 0.2) is 54.6 Å². The van der Waals surface area contributed by atoms with Gasteiger partial charge in [-0.3, -0.25) is 0 Å². The Balaban J connectivity index is 1.22. The predicted molar refractivity (Wildman–Crippen MR) is 108 cm³/mol. The number of rotatable bonds is 10. The monoisotopic (exact) mass is 349 g/mol. The lowest BCUT2D eigenvalue weighted by Gasteiger charge is -2.17. The van der Waals surface area contributed by atoms with E-state index in [1.807, 2.05) is 7.05 Å². The van der Waals surface area contributed by atoms with Crippen LogP contribution in [0.4, 0.5) is 0 Å². The third-order valence-electron chi connectivity index (χ3n) is 5.79. The number of benzene rings is 2. The summed E-state index contributed by atoms with van der Waals surface area (Å²) in [6, 6.07) is 20.9. The fourth-order valence-electron chi connectivity index (χ4n) is 3.74. The maximum atomic E-state index is 3.73. The van der Waals surface area contributed by atoms with E-state index in [-0.39, 0.29) is 0 Å². The fraction of sp³-hybridized carbons (Fsp3) is 0.478. The van der Waals surface area contributed by atoms with Gasteiger partial charge in [-0.1, -0.05) is 54.6 Å². The highest BCUT2D eigenvalue weighted by Crippen LogP contribution is 2.41. The minimum absolute atomic E-state index is 0.347. The van der Waals surface area contributed by atoms with Crippen LogP contribution in [0, 0.1) is 5.92 Å². The van der Waals surface area contributed by atoms with Gasteiger partial charge in [-0.15, -0.1) is 0 Å². The molecule has 0 aromatic heterocycles. The van der Waals surface area contributed by atoms with Gasteiger partial charge < -0.3 is 16.0 Å². The van der Waals surface area contributed by atoms with Crippen LogP contribution in [-0.2, 0) is 6.54 Å². The molecule has 0 aliphatic heterocycles. The van der Waals surface area contributed by atoms with E-state index < -0.39 is 0 Å². The van der Waals surface area contributed by atoms with E-state index in [2.05, 4.69) is 70.5 Å². The van der Waals surface area contributed by atoms with Crippen LogP contribution in [0.3, 0.4) is 0 Å². The predicted octanol–water partition coefficient (Wildman–Crippen LogP) is 3.59. The standard InChI is InChI=1S/C23H31N3/c1-24-23(20-5-3-2-4-6-20)16-25-14-17-9-11-19(12-10-17)21-13-22(21)26-15-18-7-8-18/h2-6,9-12,18,21-26H,7-8,13-16H2,1H3. The average Bonchev–Trinajstić information content (AvgIpc) is 3.60. The van der Waals surface area contributed by atoms with Gasteiger partial charge in [-0.05, 0) is 55.5 Å². The minimum Gasteiger partial charge on any atom is -0.313 e. The summed E-state index contributed by atoms with van der Waals surface area (Å²) in [6.07, 6.45) is 4.18. The van der Waals surface area contributed by atoms with E-state index in [0.29, 0.717) is 6.04 Å². The highest BCUT2D eigenvalue weighted by Gasteiger charge is 2.38. The van der Waals surface area contributed by atoms with E-state index >= 15 is 0 Å². The Morgan fingerprint density at radius 3 is 2.46 bits per heavy atom. The highest BCUT2D eigenvalue weighted by molar-refractivity contribution is 5.31. The second-order valence-corrected chi connectivity index (χ2v) is 7.92. The first-order valence-electron chi connectivity index (χ1n) is 10.1. The Hall–Kier alpha value is -1.68. The van der Waals surface area contributed by atoms with Crippen molar-refractivity contribution in [1.82, 2.24) is 16.0 Å². The molecule has 0 saturated heterocycles. The molecule has 2 aliphatic carbocycles.